The number of unbranched alkanes of at least 4 members (excludes halogenated alkanes) is 2. The van der Waals surface area contributed by atoms with Gasteiger partial charge in [-0.3, -0.25) is 4.99 Å². The van der Waals surface area contributed by atoms with Crippen LogP contribution in [0.5, 0.6) is 0 Å². The molecule has 4 N–H and O–H groups in total. The van der Waals surface area contributed by atoms with Crippen molar-refractivity contribution in [1.29, 1.82) is 0 Å². The summed E-state index contributed by atoms with van der Waals surface area (Å²) in [4.78, 5) is 3.89. The largest absolute Gasteiger partial charge is 0.370 e. The second-order valence-electron chi connectivity index (χ2n) is 2.36. The predicted octanol–water partition coefficient (Wildman–Crippen LogP) is 0.793. The molecule has 0 spiro atoms. The lowest BCUT2D eigenvalue weighted by molar-refractivity contribution is 0.732. The summed E-state index contributed by atoms with van der Waals surface area (Å²) in [6.07, 6.45) is 5.70. The molecule has 0 rings (SSSR count). The Morgan fingerprint density at radius 3 is 2.55 bits per heavy atom. The highest BCUT2D eigenvalue weighted by atomic mass is 32.2. The lowest BCUT2D eigenvalue weighted by Crippen LogP contribution is -2.22. The smallest absolute Gasteiger partial charge is 0.185 e. The predicted molar refractivity (Wildman–Crippen MR) is 52.9 cm³/mol. The average Bonchev–Trinajstić information content (AvgIpc) is 1.96. The van der Waals surface area contributed by atoms with Crippen molar-refractivity contribution in [2.45, 2.75) is 19.3 Å². The number of hydrogen-bond acceptors (Lipinski definition) is 2. The topological polar surface area (TPSA) is 64.4 Å². The maximum atomic E-state index is 5.16. The fourth-order valence-corrected chi connectivity index (χ4v) is 1.24. The third-order valence-corrected chi connectivity index (χ3v) is 2.00. The lowest BCUT2D eigenvalue weighted by Gasteiger charge is -1.96. The van der Waals surface area contributed by atoms with Gasteiger partial charge in [0.15, 0.2) is 5.96 Å². The summed E-state index contributed by atoms with van der Waals surface area (Å²) in [5.74, 6) is 1.44. The SMILES string of the molecule is CSCCCCCN=C(N)N. The Labute approximate surface area is 72.6 Å². The van der Waals surface area contributed by atoms with Gasteiger partial charge >= 0.3 is 0 Å². The van der Waals surface area contributed by atoms with Crippen molar-refractivity contribution in [3.05, 3.63) is 0 Å². The molecule has 0 aromatic rings. The zero-order chi connectivity index (χ0) is 8.53. The normalized spacial score (nSPS) is 9.55. The molecular weight excluding hydrogens is 158 g/mol. The lowest BCUT2D eigenvalue weighted by atomic mass is 10.2. The van der Waals surface area contributed by atoms with Crippen molar-refractivity contribution in [2.75, 3.05) is 18.6 Å². The molecule has 4 heteroatoms. The van der Waals surface area contributed by atoms with Gasteiger partial charge in [0.25, 0.3) is 0 Å². The van der Waals surface area contributed by atoms with E-state index in [1.54, 1.807) is 0 Å². The van der Waals surface area contributed by atoms with E-state index in [1.807, 2.05) is 11.8 Å². The molecular formula is C7H17N3S. The van der Waals surface area contributed by atoms with Gasteiger partial charge in [-0.2, -0.15) is 11.8 Å². The van der Waals surface area contributed by atoms with E-state index < -0.39 is 0 Å². The van der Waals surface area contributed by atoms with Gasteiger partial charge in [-0.1, -0.05) is 6.42 Å². The third-order valence-electron chi connectivity index (χ3n) is 1.30. The number of thioether (sulfide) groups is 1. The Balaban J connectivity index is 2.97. The van der Waals surface area contributed by atoms with E-state index >= 15 is 0 Å². The van der Waals surface area contributed by atoms with Crippen LogP contribution in [0.25, 0.3) is 0 Å². The van der Waals surface area contributed by atoms with Crippen molar-refractivity contribution in [1.82, 2.24) is 0 Å². The molecule has 0 aliphatic carbocycles. The zero-order valence-electron chi connectivity index (χ0n) is 7.05. The van der Waals surface area contributed by atoms with Gasteiger partial charge in [0.1, 0.15) is 0 Å². The highest BCUT2D eigenvalue weighted by Crippen LogP contribution is 2.01. The monoisotopic (exact) mass is 175 g/mol. The van der Waals surface area contributed by atoms with Crippen molar-refractivity contribution in [3.63, 3.8) is 0 Å². The molecule has 0 aromatic heterocycles. The first-order valence-corrected chi connectivity index (χ1v) is 5.21. The Morgan fingerprint density at radius 2 is 2.00 bits per heavy atom. The van der Waals surface area contributed by atoms with Crippen LogP contribution in [0.15, 0.2) is 4.99 Å². The van der Waals surface area contributed by atoms with Gasteiger partial charge in [-0.25, -0.2) is 0 Å². The minimum atomic E-state index is 0.204. The summed E-state index contributed by atoms with van der Waals surface area (Å²) in [5, 5.41) is 0. The second kappa shape index (κ2) is 7.72. The van der Waals surface area contributed by atoms with Crippen LogP contribution in [0.4, 0.5) is 0 Å². The van der Waals surface area contributed by atoms with Gasteiger partial charge in [0.05, 0.1) is 0 Å². The third kappa shape index (κ3) is 9.62. The Bertz CT molecular complexity index is 110. The van der Waals surface area contributed by atoms with Crippen LogP contribution in [0.1, 0.15) is 19.3 Å². The van der Waals surface area contributed by atoms with E-state index in [4.69, 9.17) is 11.5 Å². The molecule has 0 aromatic carbocycles. The Hall–Kier alpha value is -0.380. The number of guanidine groups is 1. The molecule has 0 radical (unpaired) electrons. The molecule has 3 nitrogen and oxygen atoms in total. The average molecular weight is 175 g/mol. The molecule has 0 aliphatic heterocycles. The molecule has 66 valence electrons. The number of aliphatic imine (C=N–C) groups is 1. The first kappa shape index (κ1) is 10.6. The maximum Gasteiger partial charge on any atom is 0.185 e. The first-order valence-electron chi connectivity index (χ1n) is 3.81. The highest BCUT2D eigenvalue weighted by Gasteiger charge is 1.87. The van der Waals surface area contributed by atoms with Gasteiger partial charge < -0.3 is 11.5 Å². The van der Waals surface area contributed by atoms with E-state index in [1.165, 1.54) is 18.6 Å². The summed E-state index contributed by atoms with van der Waals surface area (Å²) in [6, 6.07) is 0. The fourth-order valence-electron chi connectivity index (χ4n) is 0.743. The molecule has 0 saturated heterocycles. The van der Waals surface area contributed by atoms with Crippen LogP contribution in [0.2, 0.25) is 0 Å². The van der Waals surface area contributed by atoms with Gasteiger partial charge in [-0.15, -0.1) is 0 Å². The van der Waals surface area contributed by atoms with Crippen molar-refractivity contribution >= 4 is 17.7 Å². The molecule has 0 unspecified atom stereocenters. The summed E-state index contributed by atoms with van der Waals surface area (Å²) >= 11 is 1.88. The molecule has 0 aliphatic rings. The summed E-state index contributed by atoms with van der Waals surface area (Å²) in [5.41, 5.74) is 10.3. The van der Waals surface area contributed by atoms with Crippen LogP contribution in [0, 0.1) is 0 Å². The molecule has 0 heterocycles. The summed E-state index contributed by atoms with van der Waals surface area (Å²) in [7, 11) is 0. The van der Waals surface area contributed by atoms with Crippen LogP contribution in [-0.4, -0.2) is 24.5 Å². The number of nitrogens with two attached hydrogens (primary N) is 2. The van der Waals surface area contributed by atoms with E-state index in [2.05, 4.69) is 11.2 Å². The maximum absolute atomic E-state index is 5.16. The van der Waals surface area contributed by atoms with Crippen LogP contribution in [0.3, 0.4) is 0 Å². The highest BCUT2D eigenvalue weighted by molar-refractivity contribution is 7.98. The molecule has 11 heavy (non-hydrogen) atoms. The van der Waals surface area contributed by atoms with E-state index in [0.717, 1.165) is 13.0 Å². The van der Waals surface area contributed by atoms with Gasteiger partial charge in [0.2, 0.25) is 0 Å². The van der Waals surface area contributed by atoms with Crippen molar-refractivity contribution < 1.29 is 0 Å². The molecule has 0 bridgehead atoms. The van der Waals surface area contributed by atoms with Crippen LogP contribution >= 0.6 is 11.8 Å². The number of hydrogen-bond donors (Lipinski definition) is 2. The van der Waals surface area contributed by atoms with Crippen molar-refractivity contribution in [2.24, 2.45) is 16.5 Å². The van der Waals surface area contributed by atoms with Gasteiger partial charge in [0, 0.05) is 6.54 Å². The Morgan fingerprint density at radius 1 is 1.27 bits per heavy atom. The number of rotatable bonds is 6. The molecule has 0 saturated carbocycles. The van der Waals surface area contributed by atoms with Crippen molar-refractivity contribution in [3.8, 4) is 0 Å². The van der Waals surface area contributed by atoms with E-state index in [9.17, 15) is 0 Å². The standard InChI is InChI=1S/C7H17N3S/c1-11-6-4-2-3-5-10-7(8)9/h2-6H2,1H3,(H4,8,9,10). The second-order valence-corrected chi connectivity index (χ2v) is 3.35. The molecule has 0 amide bonds. The quantitative estimate of drug-likeness (QED) is 0.356. The van der Waals surface area contributed by atoms with Crippen LogP contribution in [-0.2, 0) is 0 Å². The minimum absolute atomic E-state index is 0.204. The van der Waals surface area contributed by atoms with E-state index in [-0.39, 0.29) is 5.96 Å². The molecule has 0 atom stereocenters. The number of nitrogens with zero attached hydrogens (tertiary/aromatic N) is 1. The Kier molecular flexibility index (Phi) is 7.46. The van der Waals surface area contributed by atoms with E-state index in [0.29, 0.717) is 0 Å². The van der Waals surface area contributed by atoms with Gasteiger partial charge in [-0.05, 0) is 24.9 Å². The minimum Gasteiger partial charge on any atom is -0.370 e. The van der Waals surface area contributed by atoms with Crippen LogP contribution < -0.4 is 11.5 Å². The zero-order valence-corrected chi connectivity index (χ0v) is 7.86. The summed E-state index contributed by atoms with van der Waals surface area (Å²) in [6.45, 7) is 0.775. The first-order chi connectivity index (χ1) is 5.27. The summed E-state index contributed by atoms with van der Waals surface area (Å²) < 4.78 is 0. The fraction of sp³-hybridized carbons (Fsp3) is 0.857. The molecule has 0 fully saturated rings.